The van der Waals surface area contributed by atoms with Crippen molar-refractivity contribution >= 4 is 71.3 Å². The molecule has 46 heavy (non-hydrogen) atoms. The fraction of sp³-hybridized carbons (Fsp3) is 0.500. The first kappa shape index (κ1) is 31.7. The van der Waals surface area contributed by atoms with Crippen LogP contribution in [0.25, 0.3) is 22.3 Å². The van der Waals surface area contributed by atoms with Gasteiger partial charge in [-0.2, -0.15) is 9.97 Å². The fourth-order valence-corrected chi connectivity index (χ4v) is 8.10. The van der Waals surface area contributed by atoms with Crippen molar-refractivity contribution < 1.29 is 46.1 Å². The molecule has 4 bridgehead atoms. The van der Waals surface area contributed by atoms with Crippen LogP contribution in [0.4, 0.5) is 20.7 Å². The molecule has 4 aromatic heterocycles. The summed E-state index contributed by atoms with van der Waals surface area (Å²) in [5.74, 6) is -0.551. The second-order valence-electron chi connectivity index (χ2n) is 10.2. The number of hydrogen-bond acceptors (Lipinski definition) is 16. The summed E-state index contributed by atoms with van der Waals surface area (Å²) in [6.45, 7) is -10.3. The van der Waals surface area contributed by atoms with E-state index in [1.165, 1.54) is 0 Å². The molecule has 0 spiro atoms. The molecule has 0 saturated carbocycles. The Hall–Kier alpha value is -2.86. The topological polar surface area (TPSA) is 275 Å². The van der Waals surface area contributed by atoms with E-state index in [1.807, 2.05) is 0 Å². The molecule has 248 valence electrons. The number of hydrogen-bond donors (Lipinski definition) is 6. The third kappa shape index (κ3) is 5.56. The molecule has 10 atom stereocenters. The number of halogens is 2. The highest BCUT2D eigenvalue weighted by Crippen LogP contribution is 2.54. The minimum absolute atomic E-state index is 0.114. The lowest BCUT2D eigenvalue weighted by atomic mass is 10.1. The number of ether oxygens (including phenoxy) is 2. The molecule has 7 rings (SSSR count). The Morgan fingerprint density at radius 1 is 0.804 bits per heavy atom. The Morgan fingerprint density at radius 2 is 1.20 bits per heavy atom. The van der Waals surface area contributed by atoms with Crippen molar-refractivity contribution in [2.75, 3.05) is 24.7 Å². The van der Waals surface area contributed by atoms with E-state index in [0.29, 0.717) is 0 Å². The van der Waals surface area contributed by atoms with Gasteiger partial charge in [0.15, 0.2) is 47.1 Å². The Bertz CT molecular complexity index is 1920. The van der Waals surface area contributed by atoms with Crippen LogP contribution < -0.4 is 22.6 Å². The van der Waals surface area contributed by atoms with E-state index >= 15 is 8.78 Å². The summed E-state index contributed by atoms with van der Waals surface area (Å²) in [5, 5.41) is 0. The smallest absolute Gasteiger partial charge is 0.325 e. The number of fused-ring (bicyclic) bond motifs is 6. The van der Waals surface area contributed by atoms with Gasteiger partial charge in [-0.1, -0.05) is 0 Å². The molecule has 3 fully saturated rings. The highest BCUT2D eigenvalue weighted by Gasteiger charge is 2.53. The van der Waals surface area contributed by atoms with E-state index in [2.05, 4.69) is 29.9 Å². The van der Waals surface area contributed by atoms with E-state index in [1.54, 1.807) is 0 Å². The maximum atomic E-state index is 15.9. The number of rotatable bonds is 2. The SMILES string of the molecule is Nc1nc2c(ncn2[C@@H]2O[C@@H]3COP(O)(=S)O[C@@H]4[C@H](F)[C@@H](COP(O)(=S)O[C@@H]2[C@@H]3F)O[C@H]4n2cnc3c(=O)[nH]c(N)nc32)c(=O)[nH]1. The predicted octanol–water partition coefficient (Wildman–Crippen LogP) is -0.861. The lowest BCUT2D eigenvalue weighted by molar-refractivity contribution is -0.0608. The third-order valence-electron chi connectivity index (χ3n) is 7.29. The van der Waals surface area contributed by atoms with Crippen molar-refractivity contribution in [3.63, 3.8) is 0 Å². The number of imidazole rings is 2. The summed E-state index contributed by atoms with van der Waals surface area (Å²) in [4.78, 5) is 67.1. The standard InChI is InChI=1S/C20H22F2N10O10P2S2/c21-7-5-1-37-43(35,45)41-12-8(22)6(40-18(12)32-4-26-10-14(32)28-20(24)30-16(10)34)2-38-44(36,46)42-11(7)17(39-5)31-3-25-9-13(31)27-19(23)29-15(9)33/h3-8,11-12,17-18H,1-2H2,(H,35,45)(H,36,46)(H3,23,27,29,33)(H3,24,28,30,34)/t5-,6-,7-,8-,11-,12-,17-,18-,43?,44?/m1/s1. The highest BCUT2D eigenvalue weighted by atomic mass is 32.5. The van der Waals surface area contributed by atoms with Crippen molar-refractivity contribution in [2.45, 2.75) is 49.2 Å². The summed E-state index contributed by atoms with van der Waals surface area (Å²) >= 11 is 10.3. The summed E-state index contributed by atoms with van der Waals surface area (Å²) in [7, 11) is 0. The molecule has 0 amide bonds. The number of nitrogen functional groups attached to an aromatic ring is 2. The maximum absolute atomic E-state index is 15.9. The number of alkyl halides is 2. The number of aromatic amines is 2. The Morgan fingerprint density at radius 3 is 1.59 bits per heavy atom. The lowest BCUT2D eigenvalue weighted by Gasteiger charge is -2.27. The van der Waals surface area contributed by atoms with Crippen LogP contribution in [-0.2, 0) is 51.2 Å². The zero-order chi connectivity index (χ0) is 32.7. The number of nitrogens with zero attached hydrogens (tertiary/aromatic N) is 6. The van der Waals surface area contributed by atoms with Crippen LogP contribution in [0.2, 0.25) is 0 Å². The van der Waals surface area contributed by atoms with Gasteiger partial charge in [0.05, 0.1) is 25.9 Å². The second-order valence-corrected chi connectivity index (χ2v) is 15.8. The summed E-state index contributed by atoms with van der Waals surface area (Å²) in [5.41, 5.74) is 9.40. The van der Waals surface area contributed by atoms with Gasteiger partial charge < -0.3 is 39.8 Å². The first-order valence-corrected chi connectivity index (χ1v) is 18.2. The van der Waals surface area contributed by atoms with Crippen LogP contribution in [0, 0.1) is 0 Å². The molecule has 8 N–H and O–H groups in total. The average Bonchev–Trinajstić information content (AvgIpc) is 3.72. The average molecular weight is 727 g/mol. The van der Waals surface area contributed by atoms with E-state index in [0.717, 1.165) is 21.8 Å². The summed E-state index contributed by atoms with van der Waals surface area (Å²) in [6, 6.07) is 0. The number of nitrogens with two attached hydrogens (primary N) is 2. The molecular formula is C20H22F2N10O10P2S2. The van der Waals surface area contributed by atoms with Gasteiger partial charge >= 0.3 is 13.4 Å². The lowest BCUT2D eigenvalue weighted by Crippen LogP contribution is -2.35. The van der Waals surface area contributed by atoms with Crippen LogP contribution in [0.1, 0.15) is 12.5 Å². The van der Waals surface area contributed by atoms with Gasteiger partial charge in [0.25, 0.3) is 11.1 Å². The van der Waals surface area contributed by atoms with Gasteiger partial charge in [-0.3, -0.25) is 37.7 Å². The Kier molecular flexibility index (Phi) is 7.85. The number of H-pyrrole nitrogens is 2. The quantitative estimate of drug-likeness (QED) is 0.137. The van der Waals surface area contributed by atoms with E-state index < -0.39 is 87.0 Å². The molecule has 7 heterocycles. The monoisotopic (exact) mass is 726 g/mol. The molecule has 4 aromatic rings. The number of aromatic nitrogens is 8. The predicted molar refractivity (Wildman–Crippen MR) is 157 cm³/mol. The molecule has 0 radical (unpaired) electrons. The van der Waals surface area contributed by atoms with Gasteiger partial charge in [0, 0.05) is 0 Å². The van der Waals surface area contributed by atoms with Crippen LogP contribution in [0.3, 0.4) is 0 Å². The van der Waals surface area contributed by atoms with Crippen molar-refractivity contribution in [3.05, 3.63) is 33.4 Å². The zero-order valence-corrected chi connectivity index (χ0v) is 26.1. The van der Waals surface area contributed by atoms with Crippen molar-refractivity contribution in [1.29, 1.82) is 0 Å². The number of anilines is 2. The van der Waals surface area contributed by atoms with Crippen molar-refractivity contribution in [3.8, 4) is 0 Å². The fourth-order valence-electron chi connectivity index (χ4n) is 5.29. The first-order valence-electron chi connectivity index (χ1n) is 13.1. The molecule has 0 aromatic carbocycles. The van der Waals surface area contributed by atoms with Crippen LogP contribution in [-0.4, -0.2) is 98.8 Å². The van der Waals surface area contributed by atoms with Gasteiger partial charge in [-0.25, -0.2) is 18.7 Å². The van der Waals surface area contributed by atoms with Gasteiger partial charge in [-0.05, 0) is 23.6 Å². The zero-order valence-electron chi connectivity index (χ0n) is 22.7. The third-order valence-corrected chi connectivity index (χ3v) is 10.4. The Balaban J connectivity index is 1.23. The minimum atomic E-state index is -4.40. The molecule has 3 aliphatic heterocycles. The maximum Gasteiger partial charge on any atom is 0.325 e. The molecule has 20 nitrogen and oxygen atoms in total. The summed E-state index contributed by atoms with van der Waals surface area (Å²) < 4.78 is 67.6. The van der Waals surface area contributed by atoms with Gasteiger partial charge in [0.1, 0.15) is 24.4 Å². The van der Waals surface area contributed by atoms with E-state index in [4.69, 9.17) is 62.6 Å². The van der Waals surface area contributed by atoms with E-state index in [-0.39, 0.29) is 34.2 Å². The normalized spacial score (nSPS) is 37.1. The Labute approximate surface area is 263 Å². The number of nitrogens with one attached hydrogen (secondary N) is 2. The van der Waals surface area contributed by atoms with Crippen molar-refractivity contribution in [1.82, 2.24) is 39.0 Å². The van der Waals surface area contributed by atoms with Crippen LogP contribution in [0.5, 0.6) is 0 Å². The molecular weight excluding hydrogens is 704 g/mol. The second kappa shape index (κ2) is 11.4. The molecule has 3 saturated heterocycles. The molecule has 26 heteroatoms. The van der Waals surface area contributed by atoms with Crippen molar-refractivity contribution in [2.24, 2.45) is 0 Å². The van der Waals surface area contributed by atoms with E-state index in [9.17, 15) is 19.4 Å². The minimum Gasteiger partial charge on any atom is -0.369 e. The van der Waals surface area contributed by atoms with Gasteiger partial charge in [0.2, 0.25) is 11.9 Å². The van der Waals surface area contributed by atoms with Crippen LogP contribution in [0.15, 0.2) is 22.2 Å². The van der Waals surface area contributed by atoms with Crippen LogP contribution >= 0.6 is 13.4 Å². The largest absolute Gasteiger partial charge is 0.369 e. The molecule has 2 unspecified atom stereocenters. The molecule has 3 aliphatic rings. The molecule has 0 aliphatic carbocycles. The van der Waals surface area contributed by atoms with Gasteiger partial charge in [-0.15, -0.1) is 0 Å². The summed E-state index contributed by atoms with van der Waals surface area (Å²) in [6.07, 6.45) is -11.5. The first-order chi connectivity index (χ1) is 21.7. The highest BCUT2D eigenvalue weighted by molar-refractivity contribution is 8.07.